The summed E-state index contributed by atoms with van der Waals surface area (Å²) in [6, 6.07) is 15.5. The number of carbonyl (C=O) groups is 1. The van der Waals surface area contributed by atoms with Crippen molar-refractivity contribution in [1.29, 1.82) is 0 Å². The number of imidazole rings is 1. The molecule has 17 heteroatoms. The number of anilines is 1. The third-order valence-electron chi connectivity index (χ3n) is 14.3. The van der Waals surface area contributed by atoms with Crippen molar-refractivity contribution in [1.82, 2.24) is 48.7 Å². The Morgan fingerprint density at radius 2 is 1.69 bits per heavy atom. The van der Waals surface area contributed by atoms with Crippen LogP contribution in [0.15, 0.2) is 70.4 Å². The maximum atomic E-state index is 16.2. The Morgan fingerprint density at radius 1 is 0.938 bits per heavy atom. The van der Waals surface area contributed by atoms with Gasteiger partial charge in [0.25, 0.3) is 5.91 Å². The van der Waals surface area contributed by atoms with Gasteiger partial charge in [0, 0.05) is 47.9 Å². The largest absolute Gasteiger partial charge is 0.438 e. The molecule has 4 aliphatic rings. The summed E-state index contributed by atoms with van der Waals surface area (Å²) in [5.74, 6) is -1.18. The van der Waals surface area contributed by atoms with Crippen molar-refractivity contribution < 1.29 is 22.8 Å². The van der Waals surface area contributed by atoms with E-state index in [0.29, 0.717) is 113 Å². The number of aryl methyl sites for hydroxylation is 3. The smallest absolute Gasteiger partial charge is 0.377 e. The summed E-state index contributed by atoms with van der Waals surface area (Å²) in [6.07, 6.45) is 6.99. The first-order valence-electron chi connectivity index (χ1n) is 21.8. The predicted molar refractivity (Wildman–Crippen MR) is 233 cm³/mol. The molecule has 3 fully saturated rings. The van der Waals surface area contributed by atoms with Gasteiger partial charge in [-0.05, 0) is 113 Å². The highest BCUT2D eigenvalue weighted by Gasteiger charge is 2.53. The van der Waals surface area contributed by atoms with E-state index in [1.807, 2.05) is 35.4 Å². The molecule has 3 aliphatic heterocycles. The zero-order valence-electron chi connectivity index (χ0n) is 36.0. The van der Waals surface area contributed by atoms with Gasteiger partial charge in [0.1, 0.15) is 29.1 Å². The molecule has 1 aliphatic carbocycles. The van der Waals surface area contributed by atoms with Crippen LogP contribution in [0.4, 0.5) is 14.5 Å². The average molecular weight is 866 g/mol. The van der Waals surface area contributed by atoms with Gasteiger partial charge >= 0.3 is 5.76 Å². The molecule has 0 radical (unpaired) electrons. The van der Waals surface area contributed by atoms with E-state index in [-0.39, 0.29) is 11.7 Å². The number of carbonyl (C=O) groups excluding carboxylic acids is 1. The van der Waals surface area contributed by atoms with E-state index >= 15 is 13.6 Å². The van der Waals surface area contributed by atoms with Gasteiger partial charge in [-0.2, -0.15) is 10.2 Å². The summed E-state index contributed by atoms with van der Waals surface area (Å²) in [7, 11) is 1.77. The Labute approximate surface area is 364 Å². The molecule has 8 aromatic rings. The molecule has 5 aromatic heterocycles. The number of aromatic amines is 1. The lowest BCUT2D eigenvalue weighted by atomic mass is 9.95. The van der Waals surface area contributed by atoms with E-state index < -0.39 is 23.2 Å². The number of halogens is 2. The quantitative estimate of drug-likeness (QED) is 0.177. The van der Waals surface area contributed by atoms with Crippen molar-refractivity contribution in [3.63, 3.8) is 0 Å². The highest BCUT2D eigenvalue weighted by atomic mass is 19.1. The number of fused-ring (bicyclic) bond motifs is 5. The second kappa shape index (κ2) is 13.8. The fourth-order valence-electron chi connectivity index (χ4n) is 11.0. The van der Waals surface area contributed by atoms with Gasteiger partial charge in [-0.15, -0.1) is 0 Å². The van der Waals surface area contributed by atoms with Gasteiger partial charge in [0.05, 0.1) is 71.2 Å². The third kappa shape index (κ3) is 5.51. The van der Waals surface area contributed by atoms with Crippen LogP contribution in [0.5, 0.6) is 0 Å². The third-order valence-corrected chi connectivity index (χ3v) is 14.3. The Balaban J connectivity index is 0.998. The number of hydrogen-bond donors (Lipinski definition) is 1. The molecule has 8 heterocycles. The summed E-state index contributed by atoms with van der Waals surface area (Å²) in [5, 5.41) is 14.9. The maximum absolute atomic E-state index is 16.2. The maximum Gasteiger partial charge on any atom is 0.438 e. The molecule has 1 N–H and O–H groups in total. The van der Waals surface area contributed by atoms with Crippen molar-refractivity contribution in [3.8, 4) is 22.8 Å². The van der Waals surface area contributed by atoms with E-state index in [1.165, 1.54) is 6.20 Å². The van der Waals surface area contributed by atoms with Gasteiger partial charge in [-0.25, -0.2) is 23.2 Å². The average Bonchev–Trinajstić information content (AvgIpc) is 3.83. The van der Waals surface area contributed by atoms with Gasteiger partial charge in [0.2, 0.25) is 0 Å². The van der Waals surface area contributed by atoms with Gasteiger partial charge in [0.15, 0.2) is 11.6 Å². The van der Waals surface area contributed by atoms with E-state index in [1.54, 1.807) is 59.4 Å². The van der Waals surface area contributed by atoms with E-state index in [9.17, 15) is 4.79 Å². The summed E-state index contributed by atoms with van der Waals surface area (Å²) < 4.78 is 49.5. The summed E-state index contributed by atoms with van der Waals surface area (Å²) in [5.41, 5.74) is 7.60. The van der Waals surface area contributed by atoms with Crippen molar-refractivity contribution >= 4 is 33.4 Å². The first-order valence-corrected chi connectivity index (χ1v) is 21.8. The molecular weight excluding hydrogens is 821 g/mol. The zero-order chi connectivity index (χ0) is 43.9. The van der Waals surface area contributed by atoms with Crippen LogP contribution in [-0.2, 0) is 23.7 Å². The minimum Gasteiger partial charge on any atom is -0.377 e. The molecule has 2 saturated heterocycles. The molecule has 12 rings (SSSR count). The number of ether oxygens (including phenoxy) is 1. The van der Waals surface area contributed by atoms with Crippen LogP contribution < -0.4 is 10.7 Å². The lowest BCUT2D eigenvalue weighted by Crippen LogP contribution is -2.45. The number of nitrogens with zero attached hydrogens (tertiary/aromatic N) is 10. The number of morpholine rings is 1. The fourth-order valence-corrected chi connectivity index (χ4v) is 11.0. The minimum absolute atomic E-state index is 0.194. The standard InChI is InChI=1S/C47H45F2N11O4/c1-24-16-32(17-25(2)40(24)48)60-43(42-27(4)57(23-50-42)37-11-10-36-33(41(37)49)20-51-55(36)5)39-26(3)56(15-12-34(39)53-60)44(61)38-19-28-18-29(58-30-6-7-31(58)22-63-21-30)8-9-35(28)59(38)47(13-14-47)45-52-46(62)64-54-45/h8-11,16-20,23,26,30-31H,6-7,12-15,21-22H2,1-5H3,(H,52,54,62)/t26-,30?,31?/m0/s1. The van der Waals surface area contributed by atoms with Crippen LogP contribution in [0.3, 0.4) is 0 Å². The SMILES string of the molecule is Cc1cc(-n2nc3c(c2-c2ncn(-c4ccc5c(cnn5C)c4F)c2C)[C@H](C)N(C(=O)c2cc4cc(N5C6CCC5COC6)ccc4n2C2(c4noc(=O)[nH]4)CC2)CC3)cc(C)c1F. The molecule has 2 unspecified atom stereocenters. The number of hydrogen-bond acceptors (Lipinski definition) is 9. The van der Waals surface area contributed by atoms with Crippen molar-refractivity contribution in [2.24, 2.45) is 7.05 Å². The summed E-state index contributed by atoms with van der Waals surface area (Å²) >= 11 is 0. The topological polar surface area (TPSA) is 150 Å². The number of aromatic nitrogens is 9. The number of nitrogens with one attached hydrogen (secondary N) is 1. The Morgan fingerprint density at radius 3 is 2.41 bits per heavy atom. The number of rotatable bonds is 7. The molecule has 3 atom stereocenters. The molecule has 1 amide bonds. The van der Waals surface area contributed by atoms with E-state index in [4.69, 9.17) is 19.3 Å². The highest BCUT2D eigenvalue weighted by molar-refractivity contribution is 6.00. The predicted octanol–water partition coefficient (Wildman–Crippen LogP) is 7.11. The monoisotopic (exact) mass is 865 g/mol. The van der Waals surface area contributed by atoms with Crippen molar-refractivity contribution in [2.45, 2.75) is 83.5 Å². The second-order valence-corrected chi connectivity index (χ2v) is 18.0. The van der Waals surface area contributed by atoms with Crippen LogP contribution >= 0.6 is 0 Å². The summed E-state index contributed by atoms with van der Waals surface area (Å²) in [4.78, 5) is 39.9. The first-order chi connectivity index (χ1) is 30.9. The highest BCUT2D eigenvalue weighted by Crippen LogP contribution is 2.51. The normalized spacial score (nSPS) is 20.2. The Hall–Kier alpha value is -6.88. The van der Waals surface area contributed by atoms with Crippen molar-refractivity contribution in [2.75, 3.05) is 24.7 Å². The van der Waals surface area contributed by atoms with Crippen molar-refractivity contribution in [3.05, 3.63) is 123 Å². The molecular formula is C47H45F2N11O4. The van der Waals surface area contributed by atoms with Crippen LogP contribution in [0, 0.1) is 32.4 Å². The zero-order valence-corrected chi connectivity index (χ0v) is 36.0. The fraction of sp³-hybridized carbons (Fsp3) is 0.362. The molecule has 3 aromatic carbocycles. The van der Waals surface area contributed by atoms with Crippen LogP contribution in [0.1, 0.15) is 83.0 Å². The lowest BCUT2D eigenvalue weighted by Gasteiger charge is -2.36. The van der Waals surface area contributed by atoms with E-state index in [2.05, 4.69) is 38.3 Å². The second-order valence-electron chi connectivity index (χ2n) is 18.0. The van der Waals surface area contributed by atoms with Gasteiger partial charge in [-0.1, -0.05) is 5.16 Å². The lowest BCUT2D eigenvalue weighted by molar-refractivity contribution is 0.0664. The number of amides is 1. The number of H-pyrrole nitrogens is 1. The Bertz CT molecular complexity index is 3270. The molecule has 1 saturated carbocycles. The number of benzene rings is 3. The minimum atomic E-state index is -0.783. The molecule has 0 spiro atoms. The molecule has 2 bridgehead atoms. The van der Waals surface area contributed by atoms with Gasteiger partial charge in [-0.3, -0.25) is 23.6 Å². The Kier molecular flexibility index (Phi) is 8.36. The van der Waals surface area contributed by atoms with Crippen LogP contribution in [0.25, 0.3) is 44.6 Å². The van der Waals surface area contributed by atoms with Crippen LogP contribution in [0.2, 0.25) is 0 Å². The molecule has 326 valence electrons. The first kappa shape index (κ1) is 38.8. The van der Waals surface area contributed by atoms with Crippen LogP contribution in [-0.4, -0.2) is 86.5 Å². The van der Waals surface area contributed by atoms with Gasteiger partial charge < -0.3 is 19.1 Å². The molecule has 15 nitrogen and oxygen atoms in total. The molecule has 64 heavy (non-hydrogen) atoms. The summed E-state index contributed by atoms with van der Waals surface area (Å²) in [6.45, 7) is 9.08. The van der Waals surface area contributed by atoms with E-state index in [0.717, 1.165) is 40.7 Å².